The summed E-state index contributed by atoms with van der Waals surface area (Å²) in [7, 11) is 0. The number of hydrogen-bond donors (Lipinski definition) is 0. The lowest BCUT2D eigenvalue weighted by Gasteiger charge is -2.53. The number of halogens is 1. The van der Waals surface area contributed by atoms with E-state index in [1.54, 1.807) is 6.07 Å². The van der Waals surface area contributed by atoms with Crippen LogP contribution in [0.5, 0.6) is 5.75 Å². The monoisotopic (exact) mass is 602 g/mol. The molecule has 2 aromatic rings. The van der Waals surface area contributed by atoms with E-state index in [-0.39, 0.29) is 19.6 Å². The SMILES string of the molecule is CCc1ccc(Cc2cc3c(cc2Cl)OCC[C@]32O[C@H](COC(C)=O)[C@@H](OC(C)=O)[C@H](OC(C)=O)[C@H]2OC(C)=O)cc1. The molecule has 1 spiro atoms. The van der Waals surface area contributed by atoms with Crippen molar-refractivity contribution in [3.05, 3.63) is 63.7 Å². The second-order valence-electron chi connectivity index (χ2n) is 10.4. The van der Waals surface area contributed by atoms with E-state index in [9.17, 15) is 19.2 Å². The number of fused-ring (bicyclic) bond motifs is 2. The molecule has 0 aliphatic carbocycles. The van der Waals surface area contributed by atoms with Gasteiger partial charge in [0.25, 0.3) is 0 Å². The highest BCUT2D eigenvalue weighted by Gasteiger charge is 2.62. The molecule has 11 heteroatoms. The minimum Gasteiger partial charge on any atom is -0.493 e. The van der Waals surface area contributed by atoms with Crippen LogP contribution in [0.25, 0.3) is 0 Å². The maximum atomic E-state index is 12.5. The maximum Gasteiger partial charge on any atom is 0.303 e. The molecule has 0 amide bonds. The zero-order valence-electron chi connectivity index (χ0n) is 24.3. The molecule has 42 heavy (non-hydrogen) atoms. The first kappa shape index (κ1) is 31.3. The molecular weight excluding hydrogens is 568 g/mol. The highest BCUT2D eigenvalue weighted by molar-refractivity contribution is 6.31. The molecule has 0 N–H and O–H groups in total. The maximum absolute atomic E-state index is 12.5. The van der Waals surface area contributed by atoms with E-state index < -0.39 is 53.9 Å². The molecule has 5 atom stereocenters. The zero-order valence-corrected chi connectivity index (χ0v) is 25.0. The van der Waals surface area contributed by atoms with E-state index in [1.807, 2.05) is 18.2 Å². The summed E-state index contributed by atoms with van der Waals surface area (Å²) in [5, 5.41) is 0.469. The topological polar surface area (TPSA) is 124 Å². The van der Waals surface area contributed by atoms with Crippen LogP contribution < -0.4 is 4.74 Å². The van der Waals surface area contributed by atoms with Gasteiger partial charge < -0.3 is 28.4 Å². The van der Waals surface area contributed by atoms with Crippen molar-refractivity contribution in [1.29, 1.82) is 0 Å². The standard InChI is InChI=1S/C31H35ClO10/c1-6-21-7-9-22(10-8-21)13-23-14-24-26(15-25(23)32)37-12-11-31(24)30(41-20(5)36)29(40-19(4)35)28(39-18(3)34)27(42-31)16-38-17(2)33/h7-10,14-15,27-30H,6,11-13,16H2,1-5H3/t27-,28-,29+,30-,31+/m1/s1. The zero-order chi connectivity index (χ0) is 30.6. The molecule has 10 nitrogen and oxygen atoms in total. The number of aryl methyl sites for hydroxylation is 1. The van der Waals surface area contributed by atoms with Gasteiger partial charge in [0.1, 0.15) is 24.1 Å². The summed E-state index contributed by atoms with van der Waals surface area (Å²) in [5.74, 6) is -2.25. The quantitative estimate of drug-likeness (QED) is 0.320. The lowest BCUT2D eigenvalue weighted by atomic mass is 9.75. The Labute approximate surface area is 249 Å². The average Bonchev–Trinajstić information content (AvgIpc) is 2.92. The molecule has 0 aromatic heterocycles. The molecule has 0 unspecified atom stereocenters. The van der Waals surface area contributed by atoms with Crippen LogP contribution >= 0.6 is 11.6 Å². The van der Waals surface area contributed by atoms with Gasteiger partial charge in [0.2, 0.25) is 0 Å². The van der Waals surface area contributed by atoms with Gasteiger partial charge in [0.05, 0.1) is 6.61 Å². The van der Waals surface area contributed by atoms with Gasteiger partial charge in [0, 0.05) is 44.7 Å². The summed E-state index contributed by atoms with van der Waals surface area (Å²) >= 11 is 6.72. The Morgan fingerprint density at radius 1 is 0.881 bits per heavy atom. The van der Waals surface area contributed by atoms with Crippen molar-refractivity contribution in [3.8, 4) is 5.75 Å². The van der Waals surface area contributed by atoms with E-state index in [0.29, 0.717) is 22.8 Å². The molecule has 2 aliphatic heterocycles. The van der Waals surface area contributed by atoms with E-state index in [0.717, 1.165) is 17.5 Å². The fourth-order valence-electron chi connectivity index (χ4n) is 5.54. The van der Waals surface area contributed by atoms with Crippen LogP contribution in [0.15, 0.2) is 36.4 Å². The van der Waals surface area contributed by atoms with Crippen LogP contribution in [0.3, 0.4) is 0 Å². The lowest BCUT2D eigenvalue weighted by Crippen LogP contribution is -2.67. The summed E-state index contributed by atoms with van der Waals surface area (Å²) in [6.45, 7) is 6.74. The van der Waals surface area contributed by atoms with E-state index >= 15 is 0 Å². The number of esters is 4. The first-order valence-electron chi connectivity index (χ1n) is 13.8. The van der Waals surface area contributed by atoms with Crippen LogP contribution in [0.1, 0.15) is 63.3 Å². The minimum atomic E-state index is -1.44. The third kappa shape index (κ3) is 6.87. The Hall–Kier alpha value is -3.63. The molecule has 0 saturated carbocycles. The molecular formula is C31H35ClO10. The Morgan fingerprint density at radius 3 is 2.10 bits per heavy atom. The second kappa shape index (κ2) is 13.1. The van der Waals surface area contributed by atoms with Crippen molar-refractivity contribution in [1.82, 2.24) is 0 Å². The Bertz CT molecular complexity index is 1340. The fourth-order valence-corrected chi connectivity index (χ4v) is 5.76. The van der Waals surface area contributed by atoms with Gasteiger partial charge in [-0.3, -0.25) is 19.2 Å². The molecule has 4 rings (SSSR count). The van der Waals surface area contributed by atoms with Gasteiger partial charge in [-0.1, -0.05) is 42.8 Å². The Kier molecular flexibility index (Phi) is 9.78. The molecule has 0 bridgehead atoms. The first-order chi connectivity index (χ1) is 19.9. The second-order valence-corrected chi connectivity index (χ2v) is 10.8. The number of ether oxygens (including phenoxy) is 6. The number of carbonyl (C=O) groups excluding carboxylic acids is 4. The lowest BCUT2D eigenvalue weighted by molar-refractivity contribution is -0.296. The molecule has 2 heterocycles. The summed E-state index contributed by atoms with van der Waals surface area (Å²) < 4.78 is 35.0. The van der Waals surface area contributed by atoms with Gasteiger partial charge in [-0.2, -0.15) is 0 Å². The first-order valence-corrected chi connectivity index (χ1v) is 14.2. The fraction of sp³-hybridized carbons (Fsp3) is 0.484. The van der Waals surface area contributed by atoms with Crippen LogP contribution in [-0.2, 0) is 61.3 Å². The van der Waals surface area contributed by atoms with Crippen LogP contribution in [0, 0.1) is 0 Å². The van der Waals surface area contributed by atoms with Crippen molar-refractivity contribution < 1.29 is 47.6 Å². The number of benzene rings is 2. The molecule has 0 radical (unpaired) electrons. The molecule has 2 aromatic carbocycles. The molecule has 1 saturated heterocycles. The highest BCUT2D eigenvalue weighted by atomic mass is 35.5. The van der Waals surface area contributed by atoms with Crippen molar-refractivity contribution >= 4 is 35.5 Å². The van der Waals surface area contributed by atoms with E-state index in [4.69, 9.17) is 40.0 Å². The molecule has 2 aliphatic rings. The highest BCUT2D eigenvalue weighted by Crippen LogP contribution is 2.51. The molecule has 226 valence electrons. The van der Waals surface area contributed by atoms with E-state index in [1.165, 1.54) is 33.3 Å². The average molecular weight is 603 g/mol. The largest absolute Gasteiger partial charge is 0.493 e. The number of hydrogen-bond acceptors (Lipinski definition) is 10. The van der Waals surface area contributed by atoms with Crippen molar-refractivity contribution in [2.45, 2.75) is 83.9 Å². The Morgan fingerprint density at radius 2 is 1.50 bits per heavy atom. The van der Waals surface area contributed by atoms with Crippen LogP contribution in [0.4, 0.5) is 0 Å². The van der Waals surface area contributed by atoms with Crippen molar-refractivity contribution in [2.24, 2.45) is 0 Å². The van der Waals surface area contributed by atoms with E-state index in [2.05, 4.69) is 19.1 Å². The predicted molar refractivity (Wildman–Crippen MR) is 150 cm³/mol. The normalized spacial score (nSPS) is 24.6. The van der Waals surface area contributed by atoms with Gasteiger partial charge in [-0.05, 0) is 41.7 Å². The van der Waals surface area contributed by atoms with Gasteiger partial charge >= 0.3 is 23.9 Å². The minimum absolute atomic E-state index is 0.143. The van der Waals surface area contributed by atoms with Crippen molar-refractivity contribution in [2.75, 3.05) is 13.2 Å². The number of rotatable bonds is 8. The summed E-state index contributed by atoms with van der Waals surface area (Å²) in [6, 6.07) is 11.7. The van der Waals surface area contributed by atoms with Crippen LogP contribution in [0.2, 0.25) is 5.02 Å². The van der Waals surface area contributed by atoms with Gasteiger partial charge in [0.15, 0.2) is 18.3 Å². The Balaban J connectivity index is 1.87. The van der Waals surface area contributed by atoms with Crippen LogP contribution in [-0.4, -0.2) is 61.5 Å². The van der Waals surface area contributed by atoms with Gasteiger partial charge in [-0.25, -0.2) is 0 Å². The van der Waals surface area contributed by atoms with Crippen molar-refractivity contribution in [3.63, 3.8) is 0 Å². The summed E-state index contributed by atoms with van der Waals surface area (Å²) in [4.78, 5) is 48.7. The third-order valence-corrected chi connectivity index (χ3v) is 7.67. The predicted octanol–water partition coefficient (Wildman–Crippen LogP) is 4.23. The third-order valence-electron chi connectivity index (χ3n) is 7.32. The molecule has 1 fully saturated rings. The summed E-state index contributed by atoms with van der Waals surface area (Å²) in [6.07, 6.45) is -3.30. The smallest absolute Gasteiger partial charge is 0.303 e. The number of carbonyl (C=O) groups is 4. The van der Waals surface area contributed by atoms with Gasteiger partial charge in [-0.15, -0.1) is 0 Å². The summed E-state index contributed by atoms with van der Waals surface area (Å²) in [5.41, 5.74) is 2.07.